The molecule has 1 saturated carbocycles. The Morgan fingerprint density at radius 2 is 2.10 bits per heavy atom. The van der Waals surface area contributed by atoms with Crippen LogP contribution in [0.1, 0.15) is 43.0 Å². The third-order valence-corrected chi connectivity index (χ3v) is 4.21. The maximum absolute atomic E-state index is 13.8. The molecule has 1 aromatic heterocycles. The smallest absolute Gasteiger partial charge is 0.165 e. The fourth-order valence-corrected chi connectivity index (χ4v) is 3.00. The highest BCUT2D eigenvalue weighted by Crippen LogP contribution is 2.29. The highest BCUT2D eigenvalue weighted by molar-refractivity contribution is 6.17. The second-order valence-electron chi connectivity index (χ2n) is 5.38. The van der Waals surface area contributed by atoms with Crippen molar-refractivity contribution in [3.63, 3.8) is 0 Å². The van der Waals surface area contributed by atoms with Gasteiger partial charge in [-0.3, -0.25) is 4.68 Å². The number of halogens is 2. The van der Waals surface area contributed by atoms with Gasteiger partial charge >= 0.3 is 0 Å². The number of aromatic nitrogens is 2. The normalized spacial score (nSPS) is 15.5. The number of hydrogen-bond donors (Lipinski definition) is 0. The molecule has 3 rings (SSSR count). The zero-order valence-corrected chi connectivity index (χ0v) is 12.5. The Kier molecular flexibility index (Phi) is 4.44. The molecule has 1 aliphatic rings. The summed E-state index contributed by atoms with van der Waals surface area (Å²) in [4.78, 5) is 0. The van der Waals surface area contributed by atoms with Crippen LogP contribution in [-0.2, 0) is 12.5 Å². The van der Waals surface area contributed by atoms with Crippen LogP contribution in [0.15, 0.2) is 30.5 Å². The van der Waals surface area contributed by atoms with Gasteiger partial charge in [0.05, 0.1) is 17.6 Å². The lowest BCUT2D eigenvalue weighted by Crippen LogP contribution is -2.07. The molecule has 0 radical (unpaired) electrons. The number of hydrogen-bond acceptors (Lipinski definition) is 2. The number of para-hydroxylation sites is 1. The number of benzene rings is 1. The molecular weight excluding hydrogens is 291 g/mol. The fraction of sp³-hybridized carbons (Fsp3) is 0.438. The Hall–Kier alpha value is -1.55. The lowest BCUT2D eigenvalue weighted by atomic mass is 10.2. The predicted molar refractivity (Wildman–Crippen MR) is 80.0 cm³/mol. The molecule has 0 N–H and O–H groups in total. The Morgan fingerprint density at radius 1 is 1.29 bits per heavy atom. The highest BCUT2D eigenvalue weighted by atomic mass is 35.5. The summed E-state index contributed by atoms with van der Waals surface area (Å²) in [6.07, 6.45) is 6.89. The molecule has 1 heterocycles. The number of rotatable bonds is 5. The molecule has 0 atom stereocenters. The van der Waals surface area contributed by atoms with E-state index >= 15 is 0 Å². The van der Waals surface area contributed by atoms with Crippen LogP contribution in [0.4, 0.5) is 4.39 Å². The van der Waals surface area contributed by atoms with Crippen LogP contribution < -0.4 is 4.74 Å². The van der Waals surface area contributed by atoms with Crippen LogP contribution in [0.2, 0.25) is 0 Å². The first-order valence-corrected chi connectivity index (χ1v) is 7.81. The van der Waals surface area contributed by atoms with Crippen molar-refractivity contribution in [1.29, 1.82) is 0 Å². The van der Waals surface area contributed by atoms with Crippen molar-refractivity contribution in [2.45, 2.75) is 44.2 Å². The Balaban J connectivity index is 1.68. The van der Waals surface area contributed by atoms with Gasteiger partial charge in [-0.15, -0.1) is 11.6 Å². The van der Waals surface area contributed by atoms with Gasteiger partial charge in [0.25, 0.3) is 0 Å². The van der Waals surface area contributed by atoms with Crippen molar-refractivity contribution in [3.05, 3.63) is 47.5 Å². The number of nitrogens with zero attached hydrogens (tertiary/aromatic N) is 2. The van der Waals surface area contributed by atoms with Crippen molar-refractivity contribution >= 4 is 11.6 Å². The molecule has 5 heteroatoms. The van der Waals surface area contributed by atoms with Crippen LogP contribution >= 0.6 is 11.6 Å². The van der Waals surface area contributed by atoms with Crippen LogP contribution in [0.25, 0.3) is 0 Å². The summed E-state index contributed by atoms with van der Waals surface area (Å²) >= 11 is 5.81. The van der Waals surface area contributed by atoms with Crippen molar-refractivity contribution in [3.8, 4) is 5.75 Å². The minimum Gasteiger partial charge on any atom is -0.484 e. The van der Waals surface area contributed by atoms with Crippen molar-refractivity contribution in [2.75, 3.05) is 0 Å². The predicted octanol–water partition coefficient (Wildman–Crippen LogP) is 4.46. The summed E-state index contributed by atoms with van der Waals surface area (Å²) in [6, 6.07) is 7.21. The van der Waals surface area contributed by atoms with Gasteiger partial charge in [0.1, 0.15) is 6.61 Å². The van der Waals surface area contributed by atoms with Crippen molar-refractivity contribution < 1.29 is 9.13 Å². The molecule has 1 aromatic carbocycles. The molecule has 1 fully saturated rings. The Labute approximate surface area is 128 Å². The summed E-state index contributed by atoms with van der Waals surface area (Å²) in [6.45, 7) is 0.255. The average Bonchev–Trinajstić information content (AvgIpc) is 3.16. The first-order valence-electron chi connectivity index (χ1n) is 7.28. The molecule has 0 saturated heterocycles. The molecule has 112 valence electrons. The Bertz CT molecular complexity index is 608. The zero-order chi connectivity index (χ0) is 14.7. The van der Waals surface area contributed by atoms with Crippen LogP contribution in [0, 0.1) is 5.82 Å². The van der Waals surface area contributed by atoms with Gasteiger partial charge in [-0.25, -0.2) is 4.39 Å². The van der Waals surface area contributed by atoms with Gasteiger partial charge in [-0.2, -0.15) is 5.10 Å². The molecule has 0 amide bonds. The second kappa shape index (κ2) is 6.48. The quantitative estimate of drug-likeness (QED) is 0.763. The summed E-state index contributed by atoms with van der Waals surface area (Å²) in [5, 5.41) is 4.53. The van der Waals surface area contributed by atoms with E-state index in [1.54, 1.807) is 12.1 Å². The summed E-state index contributed by atoms with van der Waals surface area (Å²) < 4.78 is 21.4. The van der Waals surface area contributed by atoms with E-state index in [4.69, 9.17) is 16.3 Å². The largest absolute Gasteiger partial charge is 0.484 e. The molecular formula is C16H18ClFN2O. The molecule has 2 aromatic rings. The maximum atomic E-state index is 13.8. The van der Waals surface area contributed by atoms with Gasteiger partial charge in [-0.05, 0) is 25.0 Å². The average molecular weight is 309 g/mol. The molecule has 0 aliphatic heterocycles. The van der Waals surface area contributed by atoms with Gasteiger partial charge < -0.3 is 4.74 Å². The van der Waals surface area contributed by atoms with E-state index in [0.717, 1.165) is 5.69 Å². The number of alkyl halides is 1. The highest BCUT2D eigenvalue weighted by Gasteiger charge is 2.18. The molecule has 1 aliphatic carbocycles. The lowest BCUT2D eigenvalue weighted by molar-refractivity contribution is 0.281. The van der Waals surface area contributed by atoms with Crippen LogP contribution in [0.5, 0.6) is 5.75 Å². The molecule has 0 bridgehead atoms. The fourth-order valence-electron chi connectivity index (χ4n) is 2.79. The van der Waals surface area contributed by atoms with Gasteiger partial charge in [0.15, 0.2) is 11.6 Å². The summed E-state index contributed by atoms with van der Waals surface area (Å²) in [5.74, 6) is 0.0650. The monoisotopic (exact) mass is 308 g/mol. The topological polar surface area (TPSA) is 27.1 Å². The molecule has 21 heavy (non-hydrogen) atoms. The van der Waals surface area contributed by atoms with E-state index in [2.05, 4.69) is 5.10 Å². The van der Waals surface area contributed by atoms with E-state index < -0.39 is 0 Å². The second-order valence-corrected chi connectivity index (χ2v) is 5.64. The van der Waals surface area contributed by atoms with Gasteiger partial charge in [-0.1, -0.05) is 25.0 Å². The van der Waals surface area contributed by atoms with Gasteiger partial charge in [0, 0.05) is 11.8 Å². The third-order valence-electron chi connectivity index (χ3n) is 3.92. The molecule has 0 spiro atoms. The van der Waals surface area contributed by atoms with E-state index in [9.17, 15) is 4.39 Å². The molecule has 0 unspecified atom stereocenters. The van der Waals surface area contributed by atoms with Gasteiger partial charge in [0.2, 0.25) is 0 Å². The third kappa shape index (κ3) is 3.21. The van der Waals surface area contributed by atoms with E-state index in [1.165, 1.54) is 31.7 Å². The van der Waals surface area contributed by atoms with Crippen LogP contribution in [-0.4, -0.2) is 9.78 Å². The first-order chi connectivity index (χ1) is 10.3. The molecule has 3 nitrogen and oxygen atoms in total. The minimum absolute atomic E-state index is 0.225. The zero-order valence-electron chi connectivity index (χ0n) is 11.8. The first kappa shape index (κ1) is 14.4. The van der Waals surface area contributed by atoms with Crippen LogP contribution in [0.3, 0.4) is 0 Å². The Morgan fingerprint density at radius 3 is 2.86 bits per heavy atom. The van der Waals surface area contributed by atoms with E-state index in [0.29, 0.717) is 11.6 Å². The SMILES string of the molecule is Fc1cccc(CCl)c1OCc1ccn(C2CCCC2)n1. The van der Waals surface area contributed by atoms with Crippen molar-refractivity contribution in [2.24, 2.45) is 0 Å². The minimum atomic E-state index is -0.386. The standard InChI is InChI=1S/C16H18ClFN2O/c17-10-12-4-3-7-15(18)16(12)21-11-13-8-9-20(19-13)14-5-1-2-6-14/h3-4,7-9,14H,1-2,5-6,10-11H2. The van der Waals surface area contributed by atoms with E-state index in [1.807, 2.05) is 16.9 Å². The number of ether oxygens (including phenoxy) is 1. The summed E-state index contributed by atoms with van der Waals surface area (Å²) in [5.41, 5.74) is 1.47. The van der Waals surface area contributed by atoms with E-state index in [-0.39, 0.29) is 24.1 Å². The van der Waals surface area contributed by atoms with Crippen molar-refractivity contribution in [1.82, 2.24) is 9.78 Å². The summed E-state index contributed by atoms with van der Waals surface area (Å²) in [7, 11) is 0. The maximum Gasteiger partial charge on any atom is 0.165 e. The lowest BCUT2D eigenvalue weighted by Gasteiger charge is -2.10.